The van der Waals surface area contributed by atoms with Crippen molar-refractivity contribution in [1.82, 2.24) is 4.90 Å². The van der Waals surface area contributed by atoms with E-state index in [4.69, 9.17) is 10.5 Å². The predicted molar refractivity (Wildman–Crippen MR) is 67.7 cm³/mol. The van der Waals surface area contributed by atoms with E-state index in [1.54, 1.807) is 7.11 Å². The topological polar surface area (TPSA) is 38.5 Å². The van der Waals surface area contributed by atoms with Crippen LogP contribution in [0.4, 0.5) is 0 Å². The molecule has 0 saturated heterocycles. The van der Waals surface area contributed by atoms with E-state index < -0.39 is 0 Å². The molecule has 1 aromatic rings. The predicted octanol–water partition coefficient (Wildman–Crippen LogP) is 2.04. The molecule has 0 aliphatic rings. The normalized spacial score (nSPS) is 14.9. The third kappa shape index (κ3) is 2.97. The van der Waals surface area contributed by atoms with Crippen molar-refractivity contribution < 1.29 is 4.74 Å². The smallest absolute Gasteiger partial charge is 0.118 e. The molecule has 0 radical (unpaired) electrons. The van der Waals surface area contributed by atoms with Crippen molar-refractivity contribution >= 4 is 0 Å². The molecule has 2 N–H and O–H groups in total. The zero-order chi connectivity index (χ0) is 12.1. The highest BCUT2D eigenvalue weighted by Gasteiger charge is 2.19. The quantitative estimate of drug-likeness (QED) is 0.828. The number of rotatable bonds is 5. The fraction of sp³-hybridized carbons (Fsp3) is 0.538. The zero-order valence-corrected chi connectivity index (χ0v) is 10.6. The molecule has 3 heteroatoms. The maximum atomic E-state index is 6.04. The van der Waals surface area contributed by atoms with Gasteiger partial charge in [-0.15, -0.1) is 0 Å². The lowest BCUT2D eigenvalue weighted by atomic mass is 9.99. The molecule has 16 heavy (non-hydrogen) atoms. The molecule has 2 atom stereocenters. The molecule has 0 fully saturated rings. The van der Waals surface area contributed by atoms with Crippen molar-refractivity contribution in [2.24, 2.45) is 5.73 Å². The third-order valence-electron chi connectivity index (χ3n) is 2.93. The number of likely N-dealkylation sites (N-methyl/N-ethyl adjacent to an activating group) is 1. The molecule has 3 nitrogen and oxygen atoms in total. The fourth-order valence-corrected chi connectivity index (χ4v) is 1.96. The van der Waals surface area contributed by atoms with E-state index in [1.165, 1.54) is 5.56 Å². The molecule has 1 aromatic carbocycles. The highest BCUT2D eigenvalue weighted by molar-refractivity contribution is 5.29. The van der Waals surface area contributed by atoms with Crippen LogP contribution in [0.25, 0.3) is 0 Å². The van der Waals surface area contributed by atoms with Gasteiger partial charge >= 0.3 is 0 Å². The van der Waals surface area contributed by atoms with Gasteiger partial charge in [0.2, 0.25) is 0 Å². The molecular weight excluding hydrogens is 200 g/mol. The minimum atomic E-state index is 0.110. The molecule has 0 amide bonds. The highest BCUT2D eigenvalue weighted by Crippen LogP contribution is 2.24. The third-order valence-corrected chi connectivity index (χ3v) is 2.93. The van der Waals surface area contributed by atoms with Crippen LogP contribution in [0.3, 0.4) is 0 Å². The van der Waals surface area contributed by atoms with Crippen LogP contribution in [-0.2, 0) is 0 Å². The van der Waals surface area contributed by atoms with Crippen LogP contribution in [0.5, 0.6) is 5.75 Å². The summed E-state index contributed by atoms with van der Waals surface area (Å²) in [6, 6.07) is 8.50. The number of nitrogens with zero attached hydrogens (tertiary/aromatic N) is 1. The highest BCUT2D eigenvalue weighted by atomic mass is 16.5. The summed E-state index contributed by atoms with van der Waals surface area (Å²) in [5.41, 5.74) is 7.28. The van der Waals surface area contributed by atoms with E-state index in [2.05, 4.69) is 31.0 Å². The van der Waals surface area contributed by atoms with Gasteiger partial charge < -0.3 is 10.5 Å². The van der Waals surface area contributed by atoms with Crippen molar-refractivity contribution in [2.45, 2.75) is 25.9 Å². The Kier molecular flexibility index (Phi) is 4.77. The molecule has 0 spiro atoms. The van der Waals surface area contributed by atoms with Gasteiger partial charge in [0.15, 0.2) is 0 Å². The molecule has 0 aliphatic carbocycles. The van der Waals surface area contributed by atoms with Gasteiger partial charge in [-0.1, -0.05) is 19.1 Å². The Morgan fingerprint density at radius 2 is 1.88 bits per heavy atom. The summed E-state index contributed by atoms with van der Waals surface area (Å²) in [6.07, 6.45) is 0. The fourth-order valence-electron chi connectivity index (χ4n) is 1.96. The lowest BCUT2D eigenvalue weighted by Crippen LogP contribution is -2.37. The van der Waals surface area contributed by atoms with Crippen LogP contribution in [-0.4, -0.2) is 31.6 Å². The first-order chi connectivity index (χ1) is 7.60. The summed E-state index contributed by atoms with van der Waals surface area (Å²) < 4.78 is 5.15. The van der Waals surface area contributed by atoms with Crippen LogP contribution >= 0.6 is 0 Å². The molecule has 0 aliphatic heterocycles. The summed E-state index contributed by atoms with van der Waals surface area (Å²) in [7, 11) is 3.77. The first-order valence-corrected chi connectivity index (χ1v) is 5.70. The summed E-state index contributed by atoms with van der Waals surface area (Å²) in [6.45, 7) is 5.16. The van der Waals surface area contributed by atoms with Gasteiger partial charge in [-0.25, -0.2) is 0 Å². The van der Waals surface area contributed by atoms with Gasteiger partial charge in [-0.3, -0.25) is 4.90 Å². The Morgan fingerprint density at radius 3 is 2.25 bits per heavy atom. The average Bonchev–Trinajstić information content (AvgIpc) is 2.29. The second kappa shape index (κ2) is 5.87. The lowest BCUT2D eigenvalue weighted by Gasteiger charge is -2.30. The number of hydrogen-bond acceptors (Lipinski definition) is 3. The van der Waals surface area contributed by atoms with Crippen LogP contribution < -0.4 is 10.5 Å². The monoisotopic (exact) mass is 222 g/mol. The van der Waals surface area contributed by atoms with E-state index in [0.717, 1.165) is 12.3 Å². The largest absolute Gasteiger partial charge is 0.497 e. The standard InChI is InChI=1S/C13H22N2O/c1-5-15(3)13(10(2)14)11-6-8-12(16-4)9-7-11/h6-10,13H,5,14H2,1-4H3. The van der Waals surface area contributed by atoms with Crippen LogP contribution in [0, 0.1) is 0 Å². The Labute approximate surface area is 98.2 Å². The van der Waals surface area contributed by atoms with E-state index in [0.29, 0.717) is 0 Å². The van der Waals surface area contributed by atoms with Gasteiger partial charge in [0.25, 0.3) is 0 Å². The summed E-state index contributed by atoms with van der Waals surface area (Å²) >= 11 is 0. The zero-order valence-electron chi connectivity index (χ0n) is 10.6. The van der Waals surface area contributed by atoms with Crippen molar-refractivity contribution in [1.29, 1.82) is 0 Å². The average molecular weight is 222 g/mol. The molecule has 0 bridgehead atoms. The molecule has 0 saturated carbocycles. The molecule has 2 unspecified atom stereocenters. The van der Waals surface area contributed by atoms with E-state index >= 15 is 0 Å². The van der Waals surface area contributed by atoms with Gasteiger partial charge in [0.1, 0.15) is 5.75 Å². The first kappa shape index (κ1) is 13.0. The van der Waals surface area contributed by atoms with Gasteiger partial charge in [0, 0.05) is 12.1 Å². The Bertz CT molecular complexity index is 308. The van der Waals surface area contributed by atoms with Crippen LogP contribution in [0.2, 0.25) is 0 Å². The number of nitrogens with two attached hydrogens (primary N) is 1. The van der Waals surface area contributed by atoms with Crippen molar-refractivity contribution in [2.75, 3.05) is 20.7 Å². The number of hydrogen-bond donors (Lipinski definition) is 1. The molecule has 0 aromatic heterocycles. The maximum absolute atomic E-state index is 6.04. The van der Waals surface area contributed by atoms with Crippen molar-refractivity contribution in [3.8, 4) is 5.75 Å². The Hall–Kier alpha value is -1.06. The van der Waals surface area contributed by atoms with E-state index in [-0.39, 0.29) is 12.1 Å². The first-order valence-electron chi connectivity index (χ1n) is 5.70. The Balaban J connectivity index is 2.92. The number of benzene rings is 1. The van der Waals surface area contributed by atoms with Crippen LogP contribution in [0.1, 0.15) is 25.5 Å². The SMILES string of the molecule is CCN(C)C(c1ccc(OC)cc1)C(C)N. The molecular formula is C13H22N2O. The van der Waals surface area contributed by atoms with Gasteiger partial charge in [-0.2, -0.15) is 0 Å². The minimum Gasteiger partial charge on any atom is -0.497 e. The summed E-state index contributed by atoms with van der Waals surface area (Å²) in [5, 5.41) is 0. The minimum absolute atomic E-state index is 0.110. The molecule has 0 heterocycles. The van der Waals surface area contributed by atoms with Gasteiger partial charge in [-0.05, 0) is 38.2 Å². The summed E-state index contributed by atoms with van der Waals surface area (Å²) in [5.74, 6) is 0.881. The maximum Gasteiger partial charge on any atom is 0.118 e. The van der Waals surface area contributed by atoms with Crippen molar-refractivity contribution in [3.05, 3.63) is 29.8 Å². The number of ether oxygens (including phenoxy) is 1. The number of methoxy groups -OCH3 is 1. The van der Waals surface area contributed by atoms with E-state index in [9.17, 15) is 0 Å². The lowest BCUT2D eigenvalue weighted by molar-refractivity contribution is 0.230. The van der Waals surface area contributed by atoms with Crippen molar-refractivity contribution in [3.63, 3.8) is 0 Å². The molecule has 1 rings (SSSR count). The second-order valence-electron chi connectivity index (χ2n) is 4.15. The van der Waals surface area contributed by atoms with Crippen LogP contribution in [0.15, 0.2) is 24.3 Å². The Morgan fingerprint density at radius 1 is 1.31 bits per heavy atom. The second-order valence-corrected chi connectivity index (χ2v) is 4.15. The summed E-state index contributed by atoms with van der Waals surface area (Å²) in [4.78, 5) is 2.26. The molecule has 90 valence electrons. The van der Waals surface area contributed by atoms with Gasteiger partial charge in [0.05, 0.1) is 7.11 Å². The van der Waals surface area contributed by atoms with E-state index in [1.807, 2.05) is 19.1 Å².